The Kier molecular flexibility index (Phi) is 3.98. The van der Waals surface area contributed by atoms with E-state index in [1.54, 1.807) is 0 Å². The smallest absolute Gasteiger partial charge is 0.103 e. The lowest BCUT2D eigenvalue weighted by Crippen LogP contribution is -1.94. The molecular weight excluding hydrogens is 201 g/mol. The maximum Gasteiger partial charge on any atom is 0.103 e. The molecule has 0 spiro atoms. The van der Waals surface area contributed by atoms with Crippen molar-refractivity contribution in [3.8, 4) is 0 Å². The zero-order chi connectivity index (χ0) is 7.44. The maximum absolute atomic E-state index is 5.51. The van der Waals surface area contributed by atoms with Gasteiger partial charge in [0.2, 0.25) is 0 Å². The highest BCUT2D eigenvalue weighted by Crippen LogP contribution is 2.20. The first-order valence-electron chi connectivity index (χ1n) is 2.58. The van der Waals surface area contributed by atoms with Crippen LogP contribution in [-0.4, -0.2) is 0 Å². The molecule has 0 aliphatic heterocycles. The molecule has 0 aromatic heterocycles. The van der Waals surface area contributed by atoms with Crippen LogP contribution in [-0.2, 0) is 0 Å². The van der Waals surface area contributed by atoms with Crippen LogP contribution in [0.4, 0.5) is 0 Å². The first kappa shape index (κ1) is 9.05. The Morgan fingerprint density at radius 2 is 2.22 bits per heavy atom. The van der Waals surface area contributed by atoms with E-state index in [1.807, 2.05) is 6.92 Å². The molecule has 1 nitrogen and oxygen atoms in total. The van der Waals surface area contributed by atoms with Gasteiger partial charge in [-0.2, -0.15) is 0 Å². The van der Waals surface area contributed by atoms with Crippen LogP contribution in [0.3, 0.4) is 0 Å². The number of rotatable bonds is 2. The van der Waals surface area contributed by atoms with Crippen LogP contribution < -0.4 is 5.73 Å². The van der Waals surface area contributed by atoms with Gasteiger partial charge in [0.05, 0.1) is 0 Å². The van der Waals surface area contributed by atoms with Gasteiger partial charge in [-0.1, -0.05) is 41.0 Å². The van der Waals surface area contributed by atoms with E-state index < -0.39 is 0 Å². The highest BCUT2D eigenvalue weighted by Gasteiger charge is 1.99. The molecule has 0 bridgehead atoms. The van der Waals surface area contributed by atoms with Gasteiger partial charge in [0, 0.05) is 10.1 Å². The molecule has 9 heavy (non-hydrogen) atoms. The van der Waals surface area contributed by atoms with Crippen LogP contribution in [0, 0.1) is 0 Å². The molecule has 0 rings (SSSR count). The molecule has 0 unspecified atom stereocenters. The largest absolute Gasteiger partial charge is 0.389 e. The SMILES string of the molecule is C=C(Br)/C(CC)=C(/N)Cl. The molecule has 0 aromatic carbocycles. The summed E-state index contributed by atoms with van der Waals surface area (Å²) in [7, 11) is 0. The number of hydrogen-bond acceptors (Lipinski definition) is 1. The fourth-order valence-electron chi connectivity index (χ4n) is 0.490. The summed E-state index contributed by atoms with van der Waals surface area (Å²) in [6.07, 6.45) is 0.805. The summed E-state index contributed by atoms with van der Waals surface area (Å²) >= 11 is 8.69. The summed E-state index contributed by atoms with van der Waals surface area (Å²) in [5.74, 6) is 0. The second-order valence-corrected chi connectivity index (χ2v) is 2.95. The van der Waals surface area contributed by atoms with E-state index in [0.717, 1.165) is 16.5 Å². The fourth-order valence-corrected chi connectivity index (χ4v) is 1.35. The normalized spacial score (nSPS) is 12.8. The third-order valence-electron chi connectivity index (χ3n) is 0.969. The van der Waals surface area contributed by atoms with Crippen molar-refractivity contribution in [1.82, 2.24) is 0 Å². The molecule has 0 heterocycles. The van der Waals surface area contributed by atoms with Gasteiger partial charge < -0.3 is 5.73 Å². The van der Waals surface area contributed by atoms with Crippen molar-refractivity contribution in [2.75, 3.05) is 0 Å². The van der Waals surface area contributed by atoms with E-state index in [9.17, 15) is 0 Å². The molecule has 0 fully saturated rings. The van der Waals surface area contributed by atoms with Crippen molar-refractivity contribution in [1.29, 1.82) is 0 Å². The number of hydrogen-bond donors (Lipinski definition) is 1. The lowest BCUT2D eigenvalue weighted by molar-refractivity contribution is 1.12. The van der Waals surface area contributed by atoms with E-state index >= 15 is 0 Å². The van der Waals surface area contributed by atoms with Crippen molar-refractivity contribution in [3.63, 3.8) is 0 Å². The highest BCUT2D eigenvalue weighted by atomic mass is 79.9. The molecule has 0 radical (unpaired) electrons. The molecule has 2 N–H and O–H groups in total. The lowest BCUT2D eigenvalue weighted by atomic mass is 10.2. The average Bonchev–Trinajstić information content (AvgIpc) is 1.64. The third-order valence-corrected chi connectivity index (χ3v) is 1.68. The van der Waals surface area contributed by atoms with E-state index in [1.165, 1.54) is 0 Å². The van der Waals surface area contributed by atoms with Crippen molar-refractivity contribution >= 4 is 27.5 Å². The minimum absolute atomic E-state index is 0.319. The minimum Gasteiger partial charge on any atom is -0.389 e. The van der Waals surface area contributed by atoms with Crippen LogP contribution in [0.15, 0.2) is 21.8 Å². The summed E-state index contributed by atoms with van der Waals surface area (Å²) < 4.78 is 0.762. The van der Waals surface area contributed by atoms with Crippen LogP contribution in [0.1, 0.15) is 13.3 Å². The van der Waals surface area contributed by atoms with Gasteiger partial charge in [0.1, 0.15) is 5.16 Å². The Labute approximate surface area is 68.7 Å². The summed E-state index contributed by atoms with van der Waals surface area (Å²) in [4.78, 5) is 0. The Hall–Kier alpha value is 0.0500. The van der Waals surface area contributed by atoms with Gasteiger partial charge in [0.15, 0.2) is 0 Å². The summed E-state index contributed by atoms with van der Waals surface area (Å²) in [6, 6.07) is 0. The van der Waals surface area contributed by atoms with E-state index in [-0.39, 0.29) is 0 Å². The van der Waals surface area contributed by atoms with Gasteiger partial charge in [-0.25, -0.2) is 0 Å². The number of nitrogens with two attached hydrogens (primary N) is 1. The van der Waals surface area contributed by atoms with E-state index in [2.05, 4.69) is 22.5 Å². The van der Waals surface area contributed by atoms with E-state index in [0.29, 0.717) is 5.16 Å². The third kappa shape index (κ3) is 2.92. The van der Waals surface area contributed by atoms with Crippen molar-refractivity contribution < 1.29 is 0 Å². The minimum atomic E-state index is 0.319. The van der Waals surface area contributed by atoms with Gasteiger partial charge in [-0.15, -0.1) is 0 Å². The van der Waals surface area contributed by atoms with E-state index in [4.69, 9.17) is 17.3 Å². The predicted molar refractivity (Wildman–Crippen MR) is 45.4 cm³/mol. The monoisotopic (exact) mass is 209 g/mol. The van der Waals surface area contributed by atoms with Crippen LogP contribution in [0.25, 0.3) is 0 Å². The Bertz CT molecular complexity index is 147. The molecular formula is C6H9BrClN. The zero-order valence-electron chi connectivity index (χ0n) is 5.25. The molecule has 0 aliphatic rings. The van der Waals surface area contributed by atoms with Crippen LogP contribution in [0.5, 0.6) is 0 Å². The predicted octanol–water partition coefficient (Wildman–Crippen LogP) is 2.71. The fraction of sp³-hybridized carbons (Fsp3) is 0.333. The second kappa shape index (κ2) is 3.96. The Balaban J connectivity index is 4.35. The maximum atomic E-state index is 5.51. The molecule has 3 heteroatoms. The van der Waals surface area contributed by atoms with Gasteiger partial charge in [0.25, 0.3) is 0 Å². The quantitative estimate of drug-likeness (QED) is 0.550. The molecule has 0 aliphatic carbocycles. The Morgan fingerprint density at radius 3 is 2.22 bits per heavy atom. The Morgan fingerprint density at radius 1 is 1.78 bits per heavy atom. The topological polar surface area (TPSA) is 26.0 Å². The van der Waals surface area contributed by atoms with Gasteiger partial charge in [-0.05, 0) is 6.42 Å². The van der Waals surface area contributed by atoms with Gasteiger partial charge >= 0.3 is 0 Å². The van der Waals surface area contributed by atoms with Crippen molar-refractivity contribution in [2.24, 2.45) is 5.73 Å². The number of halogens is 2. The number of allylic oxidation sites excluding steroid dienone is 2. The summed E-state index contributed by atoms with van der Waals surface area (Å²) in [5, 5.41) is 0.319. The second-order valence-electron chi connectivity index (χ2n) is 1.58. The molecule has 0 atom stereocenters. The van der Waals surface area contributed by atoms with Crippen LogP contribution >= 0.6 is 27.5 Å². The summed E-state index contributed by atoms with van der Waals surface area (Å²) in [6.45, 7) is 5.61. The molecule has 52 valence electrons. The first-order valence-corrected chi connectivity index (χ1v) is 3.75. The van der Waals surface area contributed by atoms with Gasteiger partial charge in [-0.3, -0.25) is 0 Å². The molecule has 0 saturated heterocycles. The zero-order valence-corrected chi connectivity index (χ0v) is 7.59. The molecule has 0 amide bonds. The summed E-state index contributed by atoms with van der Waals surface area (Å²) in [5.41, 5.74) is 6.17. The highest BCUT2D eigenvalue weighted by molar-refractivity contribution is 9.11. The van der Waals surface area contributed by atoms with Crippen molar-refractivity contribution in [2.45, 2.75) is 13.3 Å². The first-order chi connectivity index (χ1) is 4.09. The van der Waals surface area contributed by atoms with Crippen molar-refractivity contribution in [3.05, 3.63) is 21.8 Å². The lowest BCUT2D eigenvalue weighted by Gasteiger charge is -2.00. The average molecular weight is 211 g/mol. The molecule has 0 saturated carbocycles. The van der Waals surface area contributed by atoms with Crippen LogP contribution in [0.2, 0.25) is 0 Å². The molecule has 0 aromatic rings. The standard InChI is InChI=1S/C6H9BrClN/c1-3-5(4(2)7)6(8)9/h2-3,9H2,1H3/b6-5+.